The van der Waals surface area contributed by atoms with Gasteiger partial charge in [0.25, 0.3) is 0 Å². The van der Waals surface area contributed by atoms with Gasteiger partial charge >= 0.3 is 0 Å². The number of hydrogen-bond donors (Lipinski definition) is 2. The van der Waals surface area contributed by atoms with Crippen LogP contribution >= 0.6 is 23.8 Å². The van der Waals surface area contributed by atoms with Gasteiger partial charge in [-0.05, 0) is 36.8 Å². The highest BCUT2D eigenvalue weighted by Crippen LogP contribution is 2.09. The van der Waals surface area contributed by atoms with E-state index in [2.05, 4.69) is 22.4 Å². The van der Waals surface area contributed by atoms with Gasteiger partial charge < -0.3 is 5.32 Å². The van der Waals surface area contributed by atoms with Crippen LogP contribution < -0.4 is 10.7 Å². The Kier molecular flexibility index (Phi) is 5.66. The average Bonchev–Trinajstić information content (AvgIpc) is 2.34. The van der Waals surface area contributed by atoms with Crippen LogP contribution in [-0.4, -0.2) is 17.4 Å². The van der Waals surface area contributed by atoms with Crippen LogP contribution in [0.2, 0.25) is 5.02 Å². The van der Waals surface area contributed by atoms with Crippen molar-refractivity contribution in [3.63, 3.8) is 0 Å². The van der Waals surface area contributed by atoms with Gasteiger partial charge in [0.2, 0.25) is 0 Å². The second-order valence-corrected chi connectivity index (χ2v) is 4.16. The molecule has 0 atom stereocenters. The lowest BCUT2D eigenvalue weighted by molar-refractivity contribution is 0.936. The lowest BCUT2D eigenvalue weighted by atomic mass is 10.1. The third-order valence-corrected chi connectivity index (χ3v) is 2.48. The molecule has 0 heterocycles. The maximum absolute atomic E-state index is 5.81. The smallest absolute Gasteiger partial charge is 0.187 e. The molecule has 1 aromatic rings. The molecule has 2 N–H and O–H groups in total. The van der Waals surface area contributed by atoms with Crippen molar-refractivity contribution in [2.75, 3.05) is 6.54 Å². The van der Waals surface area contributed by atoms with Gasteiger partial charge in [0.15, 0.2) is 5.11 Å². The highest BCUT2D eigenvalue weighted by Gasteiger charge is 1.97. The lowest BCUT2D eigenvalue weighted by Crippen LogP contribution is -2.32. The first-order valence-electron chi connectivity index (χ1n) is 5.08. The Labute approximate surface area is 112 Å². The van der Waals surface area contributed by atoms with Crippen LogP contribution in [0, 0.1) is 0 Å². The third-order valence-electron chi connectivity index (χ3n) is 1.99. The average molecular weight is 268 g/mol. The van der Waals surface area contributed by atoms with Crippen molar-refractivity contribution in [2.24, 2.45) is 5.10 Å². The second kappa shape index (κ2) is 7.04. The SMILES string of the molecule is C=CCNC(=S)N/N=C(/C)c1ccc(Cl)cc1. The van der Waals surface area contributed by atoms with Crippen LogP contribution in [0.25, 0.3) is 0 Å². The molecule has 0 unspecified atom stereocenters. The van der Waals surface area contributed by atoms with E-state index in [0.717, 1.165) is 11.3 Å². The van der Waals surface area contributed by atoms with Crippen LogP contribution in [0.5, 0.6) is 0 Å². The first-order valence-corrected chi connectivity index (χ1v) is 5.87. The molecule has 5 heteroatoms. The maximum Gasteiger partial charge on any atom is 0.187 e. The number of benzene rings is 1. The Bertz CT molecular complexity index is 426. The molecular formula is C12H14ClN3S. The second-order valence-electron chi connectivity index (χ2n) is 3.31. The monoisotopic (exact) mass is 267 g/mol. The number of hydrogen-bond acceptors (Lipinski definition) is 2. The van der Waals surface area contributed by atoms with Crippen molar-refractivity contribution >= 4 is 34.6 Å². The van der Waals surface area contributed by atoms with E-state index in [-0.39, 0.29) is 0 Å². The highest BCUT2D eigenvalue weighted by molar-refractivity contribution is 7.80. The van der Waals surface area contributed by atoms with Crippen LogP contribution in [-0.2, 0) is 0 Å². The van der Waals surface area contributed by atoms with E-state index >= 15 is 0 Å². The molecule has 0 saturated heterocycles. The zero-order valence-corrected chi connectivity index (χ0v) is 11.1. The number of hydrazone groups is 1. The van der Waals surface area contributed by atoms with Gasteiger partial charge in [-0.2, -0.15) is 5.10 Å². The molecule has 0 aliphatic heterocycles. The molecule has 90 valence electrons. The van der Waals surface area contributed by atoms with Gasteiger partial charge in [-0.3, -0.25) is 5.43 Å². The Morgan fingerprint density at radius 1 is 1.47 bits per heavy atom. The molecule has 0 radical (unpaired) electrons. The molecule has 0 spiro atoms. The molecule has 1 rings (SSSR count). The Hall–Kier alpha value is -1.39. The van der Waals surface area contributed by atoms with Crippen LogP contribution in [0.4, 0.5) is 0 Å². The number of nitrogens with one attached hydrogen (secondary N) is 2. The Morgan fingerprint density at radius 3 is 2.71 bits per heavy atom. The first-order chi connectivity index (χ1) is 8.13. The molecule has 0 aromatic heterocycles. The molecule has 0 aliphatic rings. The highest BCUT2D eigenvalue weighted by atomic mass is 35.5. The number of nitrogens with zero attached hydrogens (tertiary/aromatic N) is 1. The standard InChI is InChI=1S/C12H14ClN3S/c1-3-8-14-12(17)16-15-9(2)10-4-6-11(13)7-5-10/h3-7H,1,8H2,2H3,(H2,14,16,17)/b15-9-. The molecule has 1 aromatic carbocycles. The van der Waals surface area contributed by atoms with E-state index in [1.165, 1.54) is 0 Å². The summed E-state index contributed by atoms with van der Waals surface area (Å²) in [6.45, 7) is 6.09. The van der Waals surface area contributed by atoms with Crippen LogP contribution in [0.1, 0.15) is 12.5 Å². The van der Waals surface area contributed by atoms with Gasteiger partial charge in [0.05, 0.1) is 5.71 Å². The van der Waals surface area contributed by atoms with Crippen LogP contribution in [0.15, 0.2) is 42.0 Å². The van der Waals surface area contributed by atoms with E-state index in [0.29, 0.717) is 16.7 Å². The minimum atomic E-state index is 0.471. The zero-order chi connectivity index (χ0) is 12.7. The predicted octanol–water partition coefficient (Wildman–Crippen LogP) is 2.71. The largest absolute Gasteiger partial charge is 0.358 e. The summed E-state index contributed by atoms with van der Waals surface area (Å²) in [6, 6.07) is 7.46. The summed E-state index contributed by atoms with van der Waals surface area (Å²) in [5.74, 6) is 0. The van der Waals surface area contributed by atoms with Crippen molar-refractivity contribution in [1.29, 1.82) is 0 Å². The van der Waals surface area contributed by atoms with E-state index in [1.807, 2.05) is 31.2 Å². The maximum atomic E-state index is 5.81. The fourth-order valence-corrected chi connectivity index (χ4v) is 1.35. The minimum absolute atomic E-state index is 0.471. The Morgan fingerprint density at radius 2 is 2.12 bits per heavy atom. The van der Waals surface area contributed by atoms with Crippen molar-refractivity contribution in [2.45, 2.75) is 6.92 Å². The fourth-order valence-electron chi connectivity index (χ4n) is 1.09. The first kappa shape index (κ1) is 13.7. The molecule has 0 amide bonds. The van der Waals surface area contributed by atoms with Crippen molar-refractivity contribution in [1.82, 2.24) is 10.7 Å². The summed E-state index contributed by atoms with van der Waals surface area (Å²) < 4.78 is 0. The van der Waals surface area contributed by atoms with E-state index in [4.69, 9.17) is 23.8 Å². The molecular weight excluding hydrogens is 254 g/mol. The van der Waals surface area contributed by atoms with E-state index in [1.54, 1.807) is 6.08 Å². The van der Waals surface area contributed by atoms with Crippen molar-refractivity contribution in [3.05, 3.63) is 47.5 Å². The Balaban J connectivity index is 2.57. The number of rotatable bonds is 4. The summed E-state index contributed by atoms with van der Waals surface area (Å²) in [5.41, 5.74) is 4.59. The summed E-state index contributed by atoms with van der Waals surface area (Å²) in [5, 5.41) is 8.26. The summed E-state index contributed by atoms with van der Waals surface area (Å²) in [4.78, 5) is 0. The molecule has 17 heavy (non-hydrogen) atoms. The van der Waals surface area contributed by atoms with E-state index < -0.39 is 0 Å². The lowest BCUT2D eigenvalue weighted by Gasteiger charge is -2.05. The van der Waals surface area contributed by atoms with Gasteiger partial charge in [0, 0.05) is 11.6 Å². The van der Waals surface area contributed by atoms with Crippen LogP contribution in [0.3, 0.4) is 0 Å². The van der Waals surface area contributed by atoms with Gasteiger partial charge in [-0.15, -0.1) is 6.58 Å². The molecule has 0 aliphatic carbocycles. The van der Waals surface area contributed by atoms with Crippen molar-refractivity contribution in [3.8, 4) is 0 Å². The molecule has 0 fully saturated rings. The zero-order valence-electron chi connectivity index (χ0n) is 9.53. The minimum Gasteiger partial charge on any atom is -0.358 e. The van der Waals surface area contributed by atoms with Gasteiger partial charge in [-0.1, -0.05) is 29.8 Å². The van der Waals surface area contributed by atoms with Crippen molar-refractivity contribution < 1.29 is 0 Å². The summed E-state index contributed by atoms with van der Waals surface area (Å²) >= 11 is 10.8. The van der Waals surface area contributed by atoms with Gasteiger partial charge in [-0.25, -0.2) is 0 Å². The molecule has 0 bridgehead atoms. The summed E-state index contributed by atoms with van der Waals surface area (Å²) in [7, 11) is 0. The number of thiocarbonyl (C=S) groups is 1. The van der Waals surface area contributed by atoms with E-state index in [9.17, 15) is 0 Å². The molecule has 3 nitrogen and oxygen atoms in total. The third kappa shape index (κ3) is 4.97. The quantitative estimate of drug-likeness (QED) is 0.381. The summed E-state index contributed by atoms with van der Waals surface area (Å²) in [6.07, 6.45) is 1.73. The predicted molar refractivity (Wildman–Crippen MR) is 77.6 cm³/mol. The normalized spacial score (nSPS) is 10.8. The number of halogens is 1. The fraction of sp³-hybridized carbons (Fsp3) is 0.167. The topological polar surface area (TPSA) is 36.4 Å². The van der Waals surface area contributed by atoms with Gasteiger partial charge in [0.1, 0.15) is 0 Å². The molecule has 0 saturated carbocycles.